The lowest BCUT2D eigenvalue weighted by molar-refractivity contribution is 0.0568. The highest BCUT2D eigenvalue weighted by atomic mass is 19.3. The van der Waals surface area contributed by atoms with Crippen LogP contribution in [0.4, 0.5) is 14.6 Å². The number of rotatable bonds is 4. The largest absolute Gasteiger partial charge is 0.338 e. The number of alkyl halides is 2. The molecular weight excluding hydrogens is 310 g/mol. The fourth-order valence-electron chi connectivity index (χ4n) is 2.24. The van der Waals surface area contributed by atoms with E-state index >= 15 is 0 Å². The second-order valence-electron chi connectivity index (χ2n) is 5.09. The summed E-state index contributed by atoms with van der Waals surface area (Å²) in [5.41, 5.74) is 0.242. The molecule has 1 aliphatic heterocycles. The van der Waals surface area contributed by atoms with Crippen molar-refractivity contribution in [3.05, 3.63) is 29.7 Å². The molecule has 0 bridgehead atoms. The predicted molar refractivity (Wildman–Crippen MR) is 75.2 cm³/mol. The number of hydrogen-bond acceptors (Lipinski definition) is 4. The second-order valence-corrected chi connectivity index (χ2v) is 5.09. The van der Waals surface area contributed by atoms with E-state index in [0.29, 0.717) is 17.8 Å². The van der Waals surface area contributed by atoms with E-state index in [1.165, 1.54) is 24.0 Å². The number of amides is 2. The van der Waals surface area contributed by atoms with E-state index in [-0.39, 0.29) is 23.0 Å². The minimum absolute atomic E-state index is 0.0288. The Hall–Kier alpha value is -2.78. The third kappa shape index (κ3) is 2.79. The van der Waals surface area contributed by atoms with Gasteiger partial charge in [0, 0.05) is 32.4 Å². The van der Waals surface area contributed by atoms with E-state index in [1.807, 2.05) is 0 Å². The summed E-state index contributed by atoms with van der Waals surface area (Å²) >= 11 is 0. The van der Waals surface area contributed by atoms with Crippen LogP contribution >= 0.6 is 0 Å². The summed E-state index contributed by atoms with van der Waals surface area (Å²) in [6.07, 6.45) is 3.31. The van der Waals surface area contributed by atoms with Gasteiger partial charge in [0.1, 0.15) is 5.69 Å². The van der Waals surface area contributed by atoms with Crippen molar-refractivity contribution in [1.82, 2.24) is 24.5 Å². The Balaban J connectivity index is 1.81. The first-order chi connectivity index (χ1) is 11.0. The molecule has 0 spiro atoms. The van der Waals surface area contributed by atoms with Crippen LogP contribution in [0, 0.1) is 0 Å². The molecular formula is C13H14F2N6O2. The van der Waals surface area contributed by atoms with Crippen LogP contribution in [0.25, 0.3) is 0 Å². The summed E-state index contributed by atoms with van der Waals surface area (Å²) in [4.78, 5) is 26.2. The van der Waals surface area contributed by atoms with E-state index in [9.17, 15) is 18.4 Å². The molecule has 2 amide bonds. The fourth-order valence-corrected chi connectivity index (χ4v) is 2.24. The smallest absolute Gasteiger partial charge is 0.333 e. The molecule has 3 heterocycles. The van der Waals surface area contributed by atoms with E-state index < -0.39 is 12.5 Å². The third-order valence-electron chi connectivity index (χ3n) is 3.58. The van der Waals surface area contributed by atoms with Crippen molar-refractivity contribution in [2.75, 3.05) is 18.4 Å². The average Bonchev–Trinajstić information content (AvgIpc) is 3.03. The average molecular weight is 324 g/mol. The van der Waals surface area contributed by atoms with Gasteiger partial charge >= 0.3 is 6.55 Å². The van der Waals surface area contributed by atoms with Crippen LogP contribution in [0.1, 0.15) is 33.8 Å². The number of hydrogen-bond donors (Lipinski definition) is 1. The summed E-state index contributed by atoms with van der Waals surface area (Å²) in [5, 5.41) is 9.87. The normalized spacial score (nSPS) is 14.0. The van der Waals surface area contributed by atoms with Crippen molar-refractivity contribution in [2.24, 2.45) is 7.05 Å². The van der Waals surface area contributed by atoms with Gasteiger partial charge in [-0.3, -0.25) is 14.3 Å². The molecule has 0 atom stereocenters. The van der Waals surface area contributed by atoms with Gasteiger partial charge in [0.15, 0.2) is 5.82 Å². The highest BCUT2D eigenvalue weighted by molar-refractivity contribution is 6.10. The first kappa shape index (κ1) is 15.1. The van der Waals surface area contributed by atoms with Gasteiger partial charge < -0.3 is 10.2 Å². The second kappa shape index (κ2) is 5.78. The Morgan fingerprint density at radius 1 is 1.35 bits per heavy atom. The molecule has 0 radical (unpaired) electrons. The third-order valence-corrected chi connectivity index (χ3v) is 3.58. The maximum absolute atomic E-state index is 12.5. The van der Waals surface area contributed by atoms with E-state index in [1.54, 1.807) is 4.90 Å². The number of carbonyl (C=O) groups excluding carboxylic acids is 2. The molecule has 1 saturated heterocycles. The van der Waals surface area contributed by atoms with Crippen molar-refractivity contribution in [1.29, 1.82) is 0 Å². The Morgan fingerprint density at radius 3 is 2.65 bits per heavy atom. The van der Waals surface area contributed by atoms with Crippen LogP contribution in [0.15, 0.2) is 18.5 Å². The number of nitrogens with zero attached hydrogens (tertiary/aromatic N) is 5. The molecule has 0 aromatic carbocycles. The van der Waals surface area contributed by atoms with Gasteiger partial charge in [0.05, 0.1) is 11.8 Å². The Bertz CT molecular complexity index is 749. The van der Waals surface area contributed by atoms with Crippen molar-refractivity contribution in [3.63, 3.8) is 0 Å². The lowest BCUT2D eigenvalue weighted by atomic mass is 10.1. The van der Waals surface area contributed by atoms with Crippen LogP contribution in [0.2, 0.25) is 0 Å². The quantitative estimate of drug-likeness (QED) is 0.913. The fraction of sp³-hybridized carbons (Fsp3) is 0.385. The van der Waals surface area contributed by atoms with Crippen LogP contribution in [-0.2, 0) is 7.05 Å². The lowest BCUT2D eigenvalue weighted by Gasteiger charge is -2.30. The van der Waals surface area contributed by atoms with E-state index in [2.05, 4.69) is 15.5 Å². The predicted octanol–water partition coefficient (Wildman–Crippen LogP) is 1.11. The van der Waals surface area contributed by atoms with Gasteiger partial charge in [-0.15, -0.1) is 0 Å². The standard InChI is InChI=1S/C13H14F2N6O2/c1-19-10(8(7-16-19)12(23)20-4-2-5-20)11(22)17-9-3-6-21(18-9)13(14)15/h3,6-7,13H,2,4-5H2,1H3,(H,17,18,22). The number of carbonyl (C=O) groups is 2. The summed E-state index contributed by atoms with van der Waals surface area (Å²) in [7, 11) is 1.53. The molecule has 1 N–H and O–H groups in total. The number of halogens is 2. The molecule has 0 aliphatic carbocycles. The molecule has 2 aromatic heterocycles. The van der Waals surface area contributed by atoms with Gasteiger partial charge in [-0.1, -0.05) is 0 Å². The molecule has 10 heteroatoms. The van der Waals surface area contributed by atoms with Crippen LogP contribution in [0.5, 0.6) is 0 Å². The number of nitrogens with one attached hydrogen (secondary N) is 1. The van der Waals surface area contributed by atoms with Gasteiger partial charge in [0.2, 0.25) is 0 Å². The maximum atomic E-state index is 12.5. The van der Waals surface area contributed by atoms with Crippen molar-refractivity contribution < 1.29 is 18.4 Å². The van der Waals surface area contributed by atoms with Crippen molar-refractivity contribution in [2.45, 2.75) is 13.0 Å². The minimum Gasteiger partial charge on any atom is -0.338 e. The molecule has 0 saturated carbocycles. The molecule has 23 heavy (non-hydrogen) atoms. The first-order valence-corrected chi connectivity index (χ1v) is 6.93. The SMILES string of the molecule is Cn1ncc(C(=O)N2CCC2)c1C(=O)Nc1ccn(C(F)F)n1. The van der Waals surface area contributed by atoms with E-state index in [0.717, 1.165) is 12.6 Å². The first-order valence-electron chi connectivity index (χ1n) is 6.93. The topological polar surface area (TPSA) is 85.0 Å². The highest BCUT2D eigenvalue weighted by Crippen LogP contribution is 2.18. The molecule has 8 nitrogen and oxygen atoms in total. The zero-order chi connectivity index (χ0) is 16.6. The van der Waals surface area contributed by atoms with Crippen LogP contribution in [-0.4, -0.2) is 49.4 Å². The summed E-state index contributed by atoms with van der Waals surface area (Å²) in [5.74, 6) is -0.931. The number of anilines is 1. The molecule has 1 aliphatic rings. The van der Waals surface area contributed by atoms with Crippen LogP contribution in [0.3, 0.4) is 0 Å². The number of likely N-dealkylation sites (tertiary alicyclic amines) is 1. The summed E-state index contributed by atoms with van der Waals surface area (Å²) in [6.45, 7) is -1.50. The maximum Gasteiger partial charge on any atom is 0.333 e. The van der Waals surface area contributed by atoms with Gasteiger partial charge in [-0.2, -0.15) is 19.0 Å². The molecule has 1 fully saturated rings. The molecule has 0 unspecified atom stereocenters. The minimum atomic E-state index is -2.79. The van der Waals surface area contributed by atoms with Gasteiger partial charge in [0.25, 0.3) is 11.8 Å². The van der Waals surface area contributed by atoms with Gasteiger partial charge in [-0.25, -0.2) is 4.68 Å². The zero-order valence-corrected chi connectivity index (χ0v) is 12.2. The Kier molecular flexibility index (Phi) is 3.80. The summed E-state index contributed by atoms with van der Waals surface area (Å²) in [6, 6.07) is 1.25. The monoisotopic (exact) mass is 324 g/mol. The molecule has 3 rings (SSSR count). The van der Waals surface area contributed by atoms with Crippen LogP contribution < -0.4 is 5.32 Å². The zero-order valence-electron chi connectivity index (χ0n) is 12.2. The Labute approximate surface area is 129 Å². The summed E-state index contributed by atoms with van der Waals surface area (Å²) < 4.78 is 26.7. The number of aryl methyl sites for hydroxylation is 1. The van der Waals surface area contributed by atoms with Crippen molar-refractivity contribution >= 4 is 17.6 Å². The van der Waals surface area contributed by atoms with E-state index in [4.69, 9.17) is 0 Å². The van der Waals surface area contributed by atoms with Crippen molar-refractivity contribution in [3.8, 4) is 0 Å². The highest BCUT2D eigenvalue weighted by Gasteiger charge is 2.28. The Morgan fingerprint density at radius 2 is 2.09 bits per heavy atom. The molecule has 2 aromatic rings. The molecule has 122 valence electrons. The number of aromatic nitrogens is 4. The van der Waals surface area contributed by atoms with Gasteiger partial charge in [-0.05, 0) is 6.42 Å². The lowest BCUT2D eigenvalue weighted by Crippen LogP contribution is -2.42.